The number of nitrogens with two attached hydrogens (primary N) is 1. The number of benzene rings is 1. The highest BCUT2D eigenvalue weighted by molar-refractivity contribution is 5.51. The molecule has 2 aliphatic rings. The van der Waals surface area contributed by atoms with Crippen molar-refractivity contribution in [2.75, 3.05) is 18.0 Å². The predicted molar refractivity (Wildman–Crippen MR) is 78.7 cm³/mol. The topological polar surface area (TPSA) is 38.5 Å². The Morgan fingerprint density at radius 1 is 1.10 bits per heavy atom. The van der Waals surface area contributed by atoms with Crippen LogP contribution in [0.4, 0.5) is 10.1 Å². The van der Waals surface area contributed by atoms with Crippen LogP contribution in [0.25, 0.3) is 0 Å². The van der Waals surface area contributed by atoms with Crippen LogP contribution in [0.3, 0.4) is 0 Å². The fourth-order valence-corrected chi connectivity index (χ4v) is 3.16. The molecule has 2 N–H and O–H groups in total. The maximum Gasteiger partial charge on any atom is 0.150 e. The molecule has 3 nitrogen and oxygen atoms in total. The Balaban J connectivity index is 1.67. The first kappa shape index (κ1) is 13.7. The van der Waals surface area contributed by atoms with Crippen LogP contribution in [0.15, 0.2) is 18.2 Å². The number of halogens is 1. The number of anilines is 1. The summed E-state index contributed by atoms with van der Waals surface area (Å²) in [6, 6.07) is 5.53. The van der Waals surface area contributed by atoms with E-state index in [2.05, 4.69) is 4.90 Å². The lowest BCUT2D eigenvalue weighted by Crippen LogP contribution is -2.40. The van der Waals surface area contributed by atoms with E-state index in [9.17, 15) is 4.39 Å². The predicted octanol–water partition coefficient (Wildman–Crippen LogP) is 3.07. The highest BCUT2D eigenvalue weighted by Gasteiger charge is 2.20. The van der Waals surface area contributed by atoms with Crippen LogP contribution < -0.4 is 15.4 Å². The van der Waals surface area contributed by atoms with Gasteiger partial charge < -0.3 is 15.4 Å². The molecule has 1 aliphatic heterocycles. The minimum Gasteiger partial charge on any atom is -0.490 e. The van der Waals surface area contributed by atoms with Crippen molar-refractivity contribution in [1.29, 1.82) is 0 Å². The lowest BCUT2D eigenvalue weighted by molar-refractivity contribution is 0.209. The highest BCUT2D eigenvalue weighted by atomic mass is 19.1. The number of ether oxygens (including phenoxy) is 1. The molecule has 4 heteroatoms. The molecule has 0 unspecified atom stereocenters. The van der Waals surface area contributed by atoms with Crippen molar-refractivity contribution in [1.82, 2.24) is 0 Å². The van der Waals surface area contributed by atoms with Gasteiger partial charge in [0.15, 0.2) is 0 Å². The molecule has 0 radical (unpaired) electrons. The Hall–Kier alpha value is -1.29. The fraction of sp³-hybridized carbons (Fsp3) is 0.625. The van der Waals surface area contributed by atoms with Gasteiger partial charge in [0.2, 0.25) is 0 Å². The molecule has 1 heterocycles. The second kappa shape index (κ2) is 6.00. The summed E-state index contributed by atoms with van der Waals surface area (Å²) in [5.74, 6) is 0.475. The molecule has 0 aromatic heterocycles. The molecular weight excluding hydrogens is 255 g/mol. The SMILES string of the molecule is NC1CCN(c2ccc(OC3CCCC3)cc2F)CC1. The van der Waals surface area contributed by atoms with Crippen molar-refractivity contribution < 1.29 is 9.13 Å². The summed E-state index contributed by atoms with van der Waals surface area (Å²) in [6.07, 6.45) is 6.76. The highest BCUT2D eigenvalue weighted by Crippen LogP contribution is 2.29. The number of hydrogen-bond acceptors (Lipinski definition) is 3. The van der Waals surface area contributed by atoms with E-state index in [-0.39, 0.29) is 18.0 Å². The van der Waals surface area contributed by atoms with Gasteiger partial charge >= 0.3 is 0 Å². The maximum absolute atomic E-state index is 14.3. The van der Waals surface area contributed by atoms with Crippen molar-refractivity contribution in [2.24, 2.45) is 5.73 Å². The minimum absolute atomic E-state index is 0.184. The number of hydrogen-bond donors (Lipinski definition) is 1. The van der Waals surface area contributed by atoms with E-state index < -0.39 is 0 Å². The van der Waals surface area contributed by atoms with Crippen LogP contribution in [0, 0.1) is 5.82 Å². The Labute approximate surface area is 119 Å². The normalized spacial score (nSPS) is 21.4. The molecule has 0 spiro atoms. The molecule has 110 valence electrons. The van der Waals surface area contributed by atoms with Crippen LogP contribution >= 0.6 is 0 Å². The second-order valence-corrected chi connectivity index (χ2v) is 5.96. The van der Waals surface area contributed by atoms with Crippen LogP contribution in [-0.4, -0.2) is 25.2 Å². The summed E-state index contributed by atoms with van der Waals surface area (Å²) in [6.45, 7) is 1.67. The van der Waals surface area contributed by atoms with E-state index in [1.54, 1.807) is 0 Å². The largest absolute Gasteiger partial charge is 0.490 e. The lowest BCUT2D eigenvalue weighted by Gasteiger charge is -2.32. The molecule has 2 fully saturated rings. The van der Waals surface area contributed by atoms with E-state index in [1.807, 2.05) is 12.1 Å². The van der Waals surface area contributed by atoms with E-state index in [0.29, 0.717) is 11.4 Å². The van der Waals surface area contributed by atoms with Crippen molar-refractivity contribution in [3.63, 3.8) is 0 Å². The molecule has 1 aromatic rings. The summed E-state index contributed by atoms with van der Waals surface area (Å²) >= 11 is 0. The first-order valence-electron chi connectivity index (χ1n) is 7.69. The average Bonchev–Trinajstić information content (AvgIpc) is 2.93. The third-order valence-electron chi connectivity index (χ3n) is 4.40. The van der Waals surface area contributed by atoms with Crippen molar-refractivity contribution in [2.45, 2.75) is 50.7 Å². The van der Waals surface area contributed by atoms with Gasteiger partial charge in [-0.15, -0.1) is 0 Å². The first-order chi connectivity index (χ1) is 9.72. The van der Waals surface area contributed by atoms with Gasteiger partial charge in [0, 0.05) is 25.2 Å². The van der Waals surface area contributed by atoms with E-state index in [0.717, 1.165) is 38.8 Å². The maximum atomic E-state index is 14.3. The molecule has 1 saturated carbocycles. The van der Waals surface area contributed by atoms with Gasteiger partial charge in [-0.1, -0.05) is 0 Å². The van der Waals surface area contributed by atoms with Gasteiger partial charge in [-0.25, -0.2) is 4.39 Å². The summed E-state index contributed by atoms with van der Waals surface area (Å²) < 4.78 is 20.1. The fourth-order valence-electron chi connectivity index (χ4n) is 3.16. The van der Waals surface area contributed by atoms with Gasteiger partial charge in [0.25, 0.3) is 0 Å². The van der Waals surface area contributed by atoms with Crippen LogP contribution in [0.5, 0.6) is 5.75 Å². The molecule has 0 amide bonds. The zero-order valence-electron chi connectivity index (χ0n) is 11.9. The molecular formula is C16H23FN2O. The zero-order valence-corrected chi connectivity index (χ0v) is 11.9. The monoisotopic (exact) mass is 278 g/mol. The lowest BCUT2D eigenvalue weighted by atomic mass is 10.1. The smallest absolute Gasteiger partial charge is 0.150 e. The summed E-state index contributed by atoms with van der Waals surface area (Å²) in [4.78, 5) is 2.08. The molecule has 0 atom stereocenters. The molecule has 20 heavy (non-hydrogen) atoms. The summed E-state index contributed by atoms with van der Waals surface area (Å²) in [5, 5.41) is 0. The summed E-state index contributed by atoms with van der Waals surface area (Å²) in [5.41, 5.74) is 6.56. The van der Waals surface area contributed by atoms with Gasteiger partial charge in [-0.2, -0.15) is 0 Å². The first-order valence-corrected chi connectivity index (χ1v) is 7.69. The van der Waals surface area contributed by atoms with Gasteiger partial charge in [0.1, 0.15) is 11.6 Å². The Kier molecular flexibility index (Phi) is 4.10. The Morgan fingerprint density at radius 3 is 2.45 bits per heavy atom. The van der Waals surface area contributed by atoms with Crippen molar-refractivity contribution in [3.8, 4) is 5.75 Å². The van der Waals surface area contributed by atoms with Gasteiger partial charge in [0.05, 0.1) is 11.8 Å². The van der Waals surface area contributed by atoms with E-state index >= 15 is 0 Å². The third-order valence-corrected chi connectivity index (χ3v) is 4.40. The quantitative estimate of drug-likeness (QED) is 0.923. The third kappa shape index (κ3) is 3.06. The summed E-state index contributed by atoms with van der Waals surface area (Å²) in [7, 11) is 0. The number of piperidine rings is 1. The van der Waals surface area contributed by atoms with Gasteiger partial charge in [-0.3, -0.25) is 0 Å². The standard InChI is InChI=1S/C16H23FN2O/c17-15-11-14(20-13-3-1-2-4-13)5-6-16(15)19-9-7-12(18)8-10-19/h5-6,11-13H,1-4,7-10,18H2. The van der Waals surface area contributed by atoms with Crippen LogP contribution in [0.2, 0.25) is 0 Å². The average molecular weight is 278 g/mol. The van der Waals surface area contributed by atoms with Gasteiger partial charge in [-0.05, 0) is 50.7 Å². The van der Waals surface area contributed by atoms with E-state index in [4.69, 9.17) is 10.5 Å². The molecule has 0 bridgehead atoms. The van der Waals surface area contributed by atoms with Crippen molar-refractivity contribution >= 4 is 5.69 Å². The van der Waals surface area contributed by atoms with E-state index in [1.165, 1.54) is 18.9 Å². The number of nitrogens with zero attached hydrogens (tertiary/aromatic N) is 1. The molecule has 3 rings (SSSR count). The Morgan fingerprint density at radius 2 is 1.80 bits per heavy atom. The Bertz CT molecular complexity index is 452. The van der Waals surface area contributed by atoms with Crippen LogP contribution in [-0.2, 0) is 0 Å². The minimum atomic E-state index is -0.184. The number of rotatable bonds is 3. The second-order valence-electron chi connectivity index (χ2n) is 5.96. The van der Waals surface area contributed by atoms with Crippen LogP contribution in [0.1, 0.15) is 38.5 Å². The zero-order chi connectivity index (χ0) is 13.9. The molecule has 1 saturated heterocycles. The van der Waals surface area contributed by atoms with Crippen molar-refractivity contribution in [3.05, 3.63) is 24.0 Å². The molecule has 1 aromatic carbocycles. The molecule has 1 aliphatic carbocycles.